The van der Waals surface area contributed by atoms with Crippen LogP contribution in [0.5, 0.6) is 5.75 Å². The lowest BCUT2D eigenvalue weighted by Gasteiger charge is -2.17. The Morgan fingerprint density at radius 1 is 1.08 bits per heavy atom. The minimum Gasteiger partial charge on any atom is -0.496 e. The van der Waals surface area contributed by atoms with E-state index < -0.39 is 0 Å². The van der Waals surface area contributed by atoms with Crippen molar-refractivity contribution in [1.82, 2.24) is 25.3 Å². The van der Waals surface area contributed by atoms with Gasteiger partial charge in [0.2, 0.25) is 5.78 Å². The summed E-state index contributed by atoms with van der Waals surface area (Å²) in [6, 6.07) is 18.5. The van der Waals surface area contributed by atoms with Gasteiger partial charge in [-0.2, -0.15) is 0 Å². The van der Waals surface area contributed by atoms with Gasteiger partial charge < -0.3 is 19.5 Å². The van der Waals surface area contributed by atoms with Crippen molar-refractivity contribution < 1.29 is 13.9 Å². The number of hydrogen-bond donors (Lipinski definition) is 2. The molecular formula is C31H33N5O3. The maximum Gasteiger partial charge on any atom is 0.263 e. The normalized spacial score (nSPS) is 12.1. The maximum atomic E-state index is 12.2. The van der Waals surface area contributed by atoms with Crippen LogP contribution in [0.4, 0.5) is 0 Å². The van der Waals surface area contributed by atoms with Gasteiger partial charge in [0.1, 0.15) is 17.8 Å². The maximum absolute atomic E-state index is 12.2. The van der Waals surface area contributed by atoms with E-state index in [1.807, 2.05) is 43.5 Å². The molecule has 0 bridgehead atoms. The lowest BCUT2D eigenvalue weighted by molar-refractivity contribution is 0.0945. The molecule has 0 saturated carbocycles. The van der Waals surface area contributed by atoms with Crippen molar-refractivity contribution in [3.05, 3.63) is 96.2 Å². The number of carbonyl (C=O) groups is 1. The van der Waals surface area contributed by atoms with E-state index >= 15 is 0 Å². The summed E-state index contributed by atoms with van der Waals surface area (Å²) in [6.07, 6.45) is 8.78. The molecule has 5 rings (SSSR count). The van der Waals surface area contributed by atoms with Crippen molar-refractivity contribution >= 4 is 16.7 Å². The van der Waals surface area contributed by atoms with Gasteiger partial charge in [-0.15, -0.1) is 0 Å². The summed E-state index contributed by atoms with van der Waals surface area (Å²) in [5, 5.41) is 4.72. The van der Waals surface area contributed by atoms with Gasteiger partial charge in [-0.05, 0) is 37.5 Å². The molecule has 0 radical (unpaired) electrons. The van der Waals surface area contributed by atoms with Crippen LogP contribution in [0.2, 0.25) is 0 Å². The van der Waals surface area contributed by atoms with Crippen molar-refractivity contribution in [3.8, 4) is 17.0 Å². The number of nitrogens with one attached hydrogen (secondary N) is 2. The third kappa shape index (κ3) is 6.59. The van der Waals surface area contributed by atoms with Gasteiger partial charge >= 0.3 is 0 Å². The van der Waals surface area contributed by atoms with Crippen LogP contribution >= 0.6 is 0 Å². The number of fused-ring (bicyclic) bond motifs is 1. The number of methoxy groups -OCH3 is 1. The zero-order chi connectivity index (χ0) is 27.0. The Balaban J connectivity index is 1.29. The molecule has 0 amide bonds. The van der Waals surface area contributed by atoms with E-state index in [4.69, 9.17) is 14.1 Å². The number of nitrogens with zero attached hydrogens (tertiary/aromatic N) is 3. The predicted octanol–water partition coefficient (Wildman–Crippen LogP) is 6.59. The van der Waals surface area contributed by atoms with E-state index in [9.17, 15) is 4.79 Å². The smallest absolute Gasteiger partial charge is 0.263 e. The monoisotopic (exact) mass is 523 g/mol. The van der Waals surface area contributed by atoms with Crippen molar-refractivity contribution in [2.24, 2.45) is 0 Å². The van der Waals surface area contributed by atoms with Gasteiger partial charge in [-0.25, -0.2) is 9.97 Å². The fraction of sp³-hybridized carbons (Fsp3) is 0.290. The number of aryl methyl sites for hydroxylation is 1. The third-order valence-electron chi connectivity index (χ3n) is 6.83. The predicted molar refractivity (Wildman–Crippen MR) is 151 cm³/mol. The first-order valence-corrected chi connectivity index (χ1v) is 13.3. The van der Waals surface area contributed by atoms with Crippen LogP contribution in [-0.2, 0) is 6.54 Å². The molecule has 0 aliphatic carbocycles. The van der Waals surface area contributed by atoms with E-state index in [2.05, 4.69) is 44.5 Å². The summed E-state index contributed by atoms with van der Waals surface area (Å²) in [6.45, 7) is 2.71. The Bertz CT molecular complexity index is 1510. The fourth-order valence-corrected chi connectivity index (χ4v) is 4.73. The van der Waals surface area contributed by atoms with E-state index in [1.54, 1.807) is 7.11 Å². The second kappa shape index (κ2) is 12.5. The Morgan fingerprint density at radius 2 is 1.95 bits per heavy atom. The van der Waals surface area contributed by atoms with Gasteiger partial charge in [0.15, 0.2) is 0 Å². The van der Waals surface area contributed by atoms with Crippen LogP contribution in [0.1, 0.15) is 65.9 Å². The van der Waals surface area contributed by atoms with Gasteiger partial charge in [0.25, 0.3) is 5.89 Å². The van der Waals surface area contributed by atoms with Crippen molar-refractivity contribution in [1.29, 1.82) is 0 Å². The highest BCUT2D eigenvalue weighted by atomic mass is 16.5. The van der Waals surface area contributed by atoms with Crippen LogP contribution < -0.4 is 10.1 Å². The summed E-state index contributed by atoms with van der Waals surface area (Å²) >= 11 is 0. The van der Waals surface area contributed by atoms with Crippen LogP contribution in [0.3, 0.4) is 0 Å². The number of ether oxygens (including phenoxy) is 1. The molecular weight excluding hydrogens is 490 g/mol. The quantitative estimate of drug-likeness (QED) is 0.132. The number of carbonyl (C=O) groups excluding carboxylic acids is 1. The van der Waals surface area contributed by atoms with E-state index in [1.165, 1.54) is 18.0 Å². The largest absolute Gasteiger partial charge is 0.496 e. The Labute approximate surface area is 227 Å². The number of rotatable bonds is 13. The molecule has 39 heavy (non-hydrogen) atoms. The third-order valence-corrected chi connectivity index (χ3v) is 6.83. The number of hydrogen-bond acceptors (Lipinski definition) is 7. The average molecular weight is 524 g/mol. The summed E-state index contributed by atoms with van der Waals surface area (Å²) in [4.78, 5) is 29.1. The molecule has 3 aromatic heterocycles. The lowest BCUT2D eigenvalue weighted by Crippen LogP contribution is -2.22. The molecule has 3 heterocycles. The molecule has 1 unspecified atom stereocenters. The van der Waals surface area contributed by atoms with Crippen LogP contribution in [0.15, 0.2) is 77.7 Å². The molecule has 8 heteroatoms. The summed E-state index contributed by atoms with van der Waals surface area (Å²) < 4.78 is 10.8. The summed E-state index contributed by atoms with van der Waals surface area (Å²) in [5.74, 6) is 1.76. The highest BCUT2D eigenvalue weighted by Crippen LogP contribution is 2.33. The van der Waals surface area contributed by atoms with Crippen molar-refractivity contribution in [2.75, 3.05) is 7.11 Å². The number of aromatic amines is 1. The first-order valence-electron chi connectivity index (χ1n) is 13.3. The first kappa shape index (κ1) is 26.3. The molecule has 0 aliphatic rings. The highest BCUT2D eigenvalue weighted by Gasteiger charge is 2.18. The number of unbranched alkanes of at least 4 members (excludes halogenated alkanes) is 2. The molecule has 0 aliphatic heterocycles. The number of H-pyrrole nitrogens is 1. The summed E-state index contributed by atoms with van der Waals surface area (Å²) in [5.41, 5.74) is 4.92. The standard InChI is InChI=1S/C31H33N5O3/c1-21-13-14-23-17-24(29(38-2)18-26(23)35-21)27-20-34-30(36-27)25(33-19-22-9-5-3-6-10-22)11-7-4-8-12-28(37)31-32-15-16-39-31/h3,5-6,9-10,13-18,20,25,33H,4,7-8,11-12,19H2,1-2H3,(H,34,36). The number of benzene rings is 2. The van der Waals surface area contributed by atoms with Gasteiger partial charge in [0.05, 0.1) is 36.8 Å². The van der Waals surface area contributed by atoms with Gasteiger partial charge in [-0.3, -0.25) is 9.78 Å². The average Bonchev–Trinajstić information content (AvgIpc) is 3.67. The molecule has 0 saturated heterocycles. The van der Waals surface area contributed by atoms with Crippen molar-refractivity contribution in [3.63, 3.8) is 0 Å². The van der Waals surface area contributed by atoms with Crippen LogP contribution in [-0.4, -0.2) is 32.8 Å². The second-order valence-corrected chi connectivity index (χ2v) is 9.66. The molecule has 2 N–H and O–H groups in total. The Hall–Kier alpha value is -4.30. The Kier molecular flexibility index (Phi) is 8.43. The van der Waals surface area contributed by atoms with E-state index in [-0.39, 0.29) is 17.7 Å². The minimum atomic E-state index is -0.0517. The molecule has 8 nitrogen and oxygen atoms in total. The number of imidazole rings is 1. The van der Waals surface area contributed by atoms with Gasteiger partial charge in [-0.1, -0.05) is 49.2 Å². The molecule has 1 atom stereocenters. The SMILES string of the molecule is COc1cc2nc(C)ccc2cc1-c1cnc(C(CCCCCC(=O)c2ncco2)NCc2ccccc2)[nH]1. The molecule has 0 spiro atoms. The zero-order valence-corrected chi connectivity index (χ0v) is 22.3. The minimum absolute atomic E-state index is 0.0252. The van der Waals surface area contributed by atoms with E-state index in [0.29, 0.717) is 6.42 Å². The molecule has 2 aromatic carbocycles. The first-order chi connectivity index (χ1) is 19.1. The van der Waals surface area contributed by atoms with Gasteiger partial charge in [0, 0.05) is 35.7 Å². The number of pyridine rings is 1. The molecule has 5 aromatic rings. The number of ketones is 1. The molecule has 200 valence electrons. The lowest BCUT2D eigenvalue weighted by atomic mass is 10.0. The van der Waals surface area contributed by atoms with Crippen molar-refractivity contribution in [2.45, 2.75) is 51.6 Å². The Morgan fingerprint density at radius 3 is 2.74 bits per heavy atom. The van der Waals surface area contributed by atoms with E-state index in [0.717, 1.165) is 71.7 Å². The number of Topliss-reactive ketones (excluding diaryl/α,β-unsaturated/α-hetero) is 1. The number of aromatic nitrogens is 4. The topological polar surface area (TPSA) is 106 Å². The highest BCUT2D eigenvalue weighted by molar-refractivity contribution is 5.91. The van der Waals surface area contributed by atoms with Crippen LogP contribution in [0.25, 0.3) is 22.2 Å². The summed E-state index contributed by atoms with van der Waals surface area (Å²) in [7, 11) is 1.68. The molecule has 0 fully saturated rings. The van der Waals surface area contributed by atoms with Crippen LogP contribution in [0, 0.1) is 6.92 Å². The fourth-order valence-electron chi connectivity index (χ4n) is 4.73. The zero-order valence-electron chi connectivity index (χ0n) is 22.3. The second-order valence-electron chi connectivity index (χ2n) is 9.66. The number of oxazole rings is 1.